The summed E-state index contributed by atoms with van der Waals surface area (Å²) in [5, 5.41) is 5.11. The van der Waals surface area contributed by atoms with Crippen LogP contribution in [0.4, 0.5) is 5.82 Å². The van der Waals surface area contributed by atoms with E-state index < -0.39 is 0 Å². The van der Waals surface area contributed by atoms with Gasteiger partial charge in [0.05, 0.1) is 0 Å². The Labute approximate surface area is 134 Å². The predicted octanol–water partition coefficient (Wildman–Crippen LogP) is 4.73. The topological polar surface area (TPSA) is 37.8 Å². The average Bonchev–Trinajstić information content (AvgIpc) is 3.31. The Morgan fingerprint density at radius 2 is 2.00 bits per heavy atom. The largest absolute Gasteiger partial charge is 0.370 e. The van der Waals surface area contributed by atoms with E-state index in [0.29, 0.717) is 5.92 Å². The first kappa shape index (κ1) is 14.7. The molecular formula is C16H18ClN3S. The van der Waals surface area contributed by atoms with Gasteiger partial charge in [-0.1, -0.05) is 23.7 Å². The van der Waals surface area contributed by atoms with Crippen LogP contribution in [0.15, 0.2) is 35.4 Å². The van der Waals surface area contributed by atoms with E-state index in [0.717, 1.165) is 34.0 Å². The number of halogens is 1. The van der Waals surface area contributed by atoms with Gasteiger partial charge in [-0.3, -0.25) is 0 Å². The smallest absolute Gasteiger partial charge is 0.135 e. The van der Waals surface area contributed by atoms with Crippen molar-refractivity contribution in [2.45, 2.75) is 36.5 Å². The van der Waals surface area contributed by atoms with E-state index in [1.165, 1.54) is 18.4 Å². The molecule has 1 aliphatic rings. The number of nitrogens with zero attached hydrogens (tertiary/aromatic N) is 2. The lowest BCUT2D eigenvalue weighted by Gasteiger charge is -2.08. The van der Waals surface area contributed by atoms with Crippen molar-refractivity contribution >= 4 is 29.2 Å². The number of thioether (sulfide) groups is 1. The second-order valence-corrected chi connectivity index (χ2v) is 6.60. The van der Waals surface area contributed by atoms with Crippen LogP contribution in [0, 0.1) is 0 Å². The number of rotatable bonds is 6. The Morgan fingerprint density at radius 1 is 1.24 bits per heavy atom. The summed E-state index contributed by atoms with van der Waals surface area (Å²) in [6, 6.07) is 10.0. The van der Waals surface area contributed by atoms with Crippen molar-refractivity contribution in [2.24, 2.45) is 0 Å². The Balaban J connectivity index is 1.72. The molecule has 0 unspecified atom stereocenters. The monoisotopic (exact) mass is 319 g/mol. The van der Waals surface area contributed by atoms with Crippen LogP contribution in [0.2, 0.25) is 5.02 Å². The Bertz CT molecular complexity index is 611. The van der Waals surface area contributed by atoms with Gasteiger partial charge >= 0.3 is 0 Å². The van der Waals surface area contributed by atoms with Crippen molar-refractivity contribution in [3.05, 3.63) is 46.7 Å². The maximum atomic E-state index is 5.91. The molecule has 1 aliphatic carbocycles. The second kappa shape index (κ2) is 6.67. The van der Waals surface area contributed by atoms with E-state index in [9.17, 15) is 0 Å². The van der Waals surface area contributed by atoms with Crippen LogP contribution in [0.5, 0.6) is 0 Å². The summed E-state index contributed by atoms with van der Waals surface area (Å²) in [4.78, 5) is 9.29. The summed E-state index contributed by atoms with van der Waals surface area (Å²) in [7, 11) is 0. The minimum atomic E-state index is 0.568. The van der Waals surface area contributed by atoms with Crippen LogP contribution in [-0.4, -0.2) is 16.5 Å². The van der Waals surface area contributed by atoms with Gasteiger partial charge in [0.2, 0.25) is 0 Å². The molecule has 1 fully saturated rings. The van der Waals surface area contributed by atoms with Crippen LogP contribution < -0.4 is 5.32 Å². The van der Waals surface area contributed by atoms with E-state index in [-0.39, 0.29) is 0 Å². The van der Waals surface area contributed by atoms with Crippen LogP contribution in [0.3, 0.4) is 0 Å². The van der Waals surface area contributed by atoms with E-state index >= 15 is 0 Å². The van der Waals surface area contributed by atoms with Gasteiger partial charge in [0.1, 0.15) is 16.7 Å². The number of nitrogens with one attached hydrogen (secondary N) is 1. The summed E-state index contributed by atoms with van der Waals surface area (Å²) in [6.45, 7) is 2.96. The molecule has 2 aromatic rings. The number of aromatic nitrogens is 2. The zero-order valence-corrected chi connectivity index (χ0v) is 13.5. The first-order valence-corrected chi connectivity index (χ1v) is 8.61. The summed E-state index contributed by atoms with van der Waals surface area (Å²) >= 11 is 7.66. The number of benzene rings is 1. The lowest BCUT2D eigenvalue weighted by Crippen LogP contribution is -2.03. The number of hydrogen-bond acceptors (Lipinski definition) is 4. The molecule has 0 amide bonds. The molecule has 1 aromatic carbocycles. The molecule has 1 heterocycles. The summed E-state index contributed by atoms with van der Waals surface area (Å²) in [6.07, 6.45) is 2.44. The Morgan fingerprint density at radius 3 is 2.67 bits per heavy atom. The minimum Gasteiger partial charge on any atom is -0.370 e. The van der Waals surface area contributed by atoms with Gasteiger partial charge in [-0.05, 0) is 37.5 Å². The third-order valence-electron chi connectivity index (χ3n) is 3.32. The molecule has 3 nitrogen and oxygen atoms in total. The molecule has 1 aromatic heterocycles. The van der Waals surface area contributed by atoms with Gasteiger partial charge < -0.3 is 5.32 Å². The van der Waals surface area contributed by atoms with Crippen molar-refractivity contribution in [1.29, 1.82) is 0 Å². The maximum absolute atomic E-state index is 5.91. The predicted molar refractivity (Wildman–Crippen MR) is 89.2 cm³/mol. The van der Waals surface area contributed by atoms with Crippen LogP contribution in [-0.2, 0) is 5.75 Å². The number of anilines is 1. The molecule has 1 saturated carbocycles. The van der Waals surface area contributed by atoms with Crippen molar-refractivity contribution in [1.82, 2.24) is 9.97 Å². The van der Waals surface area contributed by atoms with Gasteiger partial charge in [0.15, 0.2) is 0 Å². The van der Waals surface area contributed by atoms with E-state index in [1.807, 2.05) is 18.2 Å². The second-order valence-electron chi connectivity index (χ2n) is 5.17. The van der Waals surface area contributed by atoms with Crippen molar-refractivity contribution in [2.75, 3.05) is 11.9 Å². The van der Waals surface area contributed by atoms with Gasteiger partial charge in [-0.15, -0.1) is 11.8 Å². The van der Waals surface area contributed by atoms with E-state index in [1.54, 1.807) is 11.8 Å². The fraction of sp³-hybridized carbons (Fsp3) is 0.375. The molecule has 5 heteroatoms. The molecule has 3 rings (SSSR count). The maximum Gasteiger partial charge on any atom is 0.135 e. The van der Waals surface area contributed by atoms with E-state index in [4.69, 9.17) is 16.6 Å². The third kappa shape index (κ3) is 4.11. The minimum absolute atomic E-state index is 0.568. The molecule has 0 aliphatic heterocycles. The van der Waals surface area contributed by atoms with Crippen LogP contribution in [0.1, 0.15) is 37.1 Å². The fourth-order valence-corrected chi connectivity index (χ4v) is 3.04. The molecule has 0 radical (unpaired) electrons. The van der Waals surface area contributed by atoms with E-state index in [2.05, 4.69) is 29.4 Å². The lowest BCUT2D eigenvalue weighted by atomic mass is 10.2. The highest BCUT2D eigenvalue weighted by Crippen LogP contribution is 2.39. The van der Waals surface area contributed by atoms with Crippen molar-refractivity contribution in [3.63, 3.8) is 0 Å². The fourth-order valence-electron chi connectivity index (χ4n) is 2.05. The SMILES string of the molecule is CCNc1cc(SCc2ccc(Cl)cc2)nc(C2CC2)n1. The quantitative estimate of drug-likeness (QED) is 0.617. The molecular weight excluding hydrogens is 302 g/mol. The zero-order valence-electron chi connectivity index (χ0n) is 12.0. The standard InChI is InChI=1S/C16H18ClN3S/c1-2-18-14-9-15(20-16(19-14)12-5-6-12)21-10-11-3-7-13(17)8-4-11/h3-4,7-9,12H,2,5-6,10H2,1H3,(H,18,19,20). The molecule has 1 N–H and O–H groups in total. The highest BCUT2D eigenvalue weighted by Gasteiger charge is 2.27. The molecule has 0 saturated heterocycles. The van der Waals surface area contributed by atoms with Crippen molar-refractivity contribution < 1.29 is 0 Å². The zero-order chi connectivity index (χ0) is 14.7. The van der Waals surface area contributed by atoms with Gasteiger partial charge in [-0.25, -0.2) is 9.97 Å². The molecule has 110 valence electrons. The van der Waals surface area contributed by atoms with Gasteiger partial charge in [0.25, 0.3) is 0 Å². The molecule has 0 bridgehead atoms. The summed E-state index contributed by atoms with van der Waals surface area (Å²) < 4.78 is 0. The normalized spacial score (nSPS) is 14.2. The number of hydrogen-bond donors (Lipinski definition) is 1. The molecule has 0 spiro atoms. The van der Waals surface area contributed by atoms with Crippen LogP contribution in [0.25, 0.3) is 0 Å². The van der Waals surface area contributed by atoms with Gasteiger partial charge in [0, 0.05) is 29.3 Å². The Kier molecular flexibility index (Phi) is 4.66. The Hall–Kier alpha value is -1.26. The highest BCUT2D eigenvalue weighted by atomic mass is 35.5. The lowest BCUT2D eigenvalue weighted by molar-refractivity contribution is 0.876. The van der Waals surface area contributed by atoms with Crippen molar-refractivity contribution in [3.8, 4) is 0 Å². The summed E-state index contributed by atoms with van der Waals surface area (Å²) in [5.74, 6) is 3.39. The first-order valence-electron chi connectivity index (χ1n) is 7.24. The highest BCUT2D eigenvalue weighted by molar-refractivity contribution is 7.98. The third-order valence-corrected chi connectivity index (χ3v) is 4.55. The molecule has 0 atom stereocenters. The molecule has 21 heavy (non-hydrogen) atoms. The first-order chi connectivity index (χ1) is 10.2. The average molecular weight is 320 g/mol. The summed E-state index contributed by atoms with van der Waals surface area (Å²) in [5.41, 5.74) is 1.25. The van der Waals surface area contributed by atoms with Gasteiger partial charge in [-0.2, -0.15) is 0 Å². The van der Waals surface area contributed by atoms with Crippen LogP contribution >= 0.6 is 23.4 Å².